The standard InChI is InChI=1S/C9H10N2O3/c1-14-9(13)8-3-2-7(5-11-8)4-10-6-12/h2-5,12H,6H2,1H3/b10-4+. The van der Waals surface area contributed by atoms with Crippen LogP contribution in [0, 0.1) is 0 Å². The summed E-state index contributed by atoms with van der Waals surface area (Å²) in [6, 6.07) is 3.20. The first-order valence-electron chi connectivity index (χ1n) is 3.93. The van der Waals surface area contributed by atoms with E-state index in [0.29, 0.717) is 5.56 Å². The van der Waals surface area contributed by atoms with Crippen molar-refractivity contribution in [2.75, 3.05) is 13.8 Å². The lowest BCUT2D eigenvalue weighted by Crippen LogP contribution is -2.03. The lowest BCUT2D eigenvalue weighted by atomic mass is 10.2. The van der Waals surface area contributed by atoms with E-state index in [4.69, 9.17) is 5.11 Å². The van der Waals surface area contributed by atoms with Crippen LogP contribution in [0.3, 0.4) is 0 Å². The molecule has 5 heteroatoms. The fourth-order valence-electron chi connectivity index (χ4n) is 0.853. The Morgan fingerprint density at radius 1 is 1.71 bits per heavy atom. The second kappa shape index (κ2) is 5.08. The maximum atomic E-state index is 11.0. The number of carbonyl (C=O) groups is 1. The van der Waals surface area contributed by atoms with E-state index in [1.807, 2.05) is 0 Å². The monoisotopic (exact) mass is 194 g/mol. The van der Waals surface area contributed by atoms with Gasteiger partial charge in [-0.15, -0.1) is 0 Å². The molecule has 0 spiro atoms. The molecule has 1 aromatic rings. The van der Waals surface area contributed by atoms with Crippen LogP contribution in [0.1, 0.15) is 16.1 Å². The van der Waals surface area contributed by atoms with Crippen LogP contribution in [0.4, 0.5) is 0 Å². The zero-order chi connectivity index (χ0) is 10.4. The summed E-state index contributed by atoms with van der Waals surface area (Å²) in [7, 11) is 1.30. The van der Waals surface area contributed by atoms with E-state index in [-0.39, 0.29) is 12.4 Å². The number of hydrogen-bond acceptors (Lipinski definition) is 5. The molecule has 0 bridgehead atoms. The molecule has 1 rings (SSSR count). The minimum absolute atomic E-state index is 0.244. The predicted octanol–water partition coefficient (Wildman–Crippen LogP) is 0.237. The number of hydrogen-bond donors (Lipinski definition) is 1. The number of pyridine rings is 1. The van der Waals surface area contributed by atoms with Gasteiger partial charge in [-0.1, -0.05) is 0 Å². The largest absolute Gasteiger partial charge is 0.464 e. The molecule has 0 aliphatic carbocycles. The Labute approximate surface area is 81.1 Å². The quantitative estimate of drug-likeness (QED) is 0.552. The Kier molecular flexibility index (Phi) is 3.75. The van der Waals surface area contributed by atoms with Gasteiger partial charge < -0.3 is 9.84 Å². The molecular weight excluding hydrogens is 184 g/mol. The van der Waals surface area contributed by atoms with E-state index < -0.39 is 5.97 Å². The van der Waals surface area contributed by atoms with Crippen molar-refractivity contribution >= 4 is 12.2 Å². The number of aromatic nitrogens is 1. The van der Waals surface area contributed by atoms with Gasteiger partial charge in [0.15, 0.2) is 0 Å². The summed E-state index contributed by atoms with van der Waals surface area (Å²) >= 11 is 0. The van der Waals surface area contributed by atoms with Crippen molar-refractivity contribution in [1.29, 1.82) is 0 Å². The molecule has 0 fully saturated rings. The molecule has 0 atom stereocenters. The van der Waals surface area contributed by atoms with Crippen LogP contribution in [-0.4, -0.2) is 36.1 Å². The maximum Gasteiger partial charge on any atom is 0.356 e. The molecule has 14 heavy (non-hydrogen) atoms. The highest BCUT2D eigenvalue weighted by Gasteiger charge is 2.04. The molecule has 0 aromatic carbocycles. The number of aliphatic hydroxyl groups excluding tert-OH is 1. The van der Waals surface area contributed by atoms with Crippen molar-refractivity contribution in [2.24, 2.45) is 4.99 Å². The Balaban J connectivity index is 2.78. The van der Waals surface area contributed by atoms with E-state index in [2.05, 4.69) is 14.7 Å². The lowest BCUT2D eigenvalue weighted by molar-refractivity contribution is 0.0594. The first kappa shape index (κ1) is 10.3. The van der Waals surface area contributed by atoms with E-state index in [0.717, 1.165) is 0 Å². The van der Waals surface area contributed by atoms with Crippen LogP contribution in [0.15, 0.2) is 23.3 Å². The van der Waals surface area contributed by atoms with Crippen LogP contribution in [-0.2, 0) is 4.74 Å². The molecule has 0 amide bonds. The average Bonchev–Trinajstić information content (AvgIpc) is 2.26. The Hall–Kier alpha value is -1.75. The smallest absolute Gasteiger partial charge is 0.356 e. The summed E-state index contributed by atoms with van der Waals surface area (Å²) in [6.45, 7) is -0.265. The number of ether oxygens (including phenoxy) is 1. The SMILES string of the molecule is COC(=O)c1ccc(/C=N/CO)cn1. The molecule has 1 aromatic heterocycles. The summed E-state index contributed by atoms with van der Waals surface area (Å²) in [4.78, 5) is 18.4. The van der Waals surface area contributed by atoms with Gasteiger partial charge in [0.1, 0.15) is 12.4 Å². The van der Waals surface area contributed by atoms with E-state index in [1.54, 1.807) is 6.07 Å². The zero-order valence-electron chi connectivity index (χ0n) is 7.67. The summed E-state index contributed by atoms with van der Waals surface area (Å²) in [5.41, 5.74) is 0.959. The van der Waals surface area contributed by atoms with Crippen molar-refractivity contribution in [3.8, 4) is 0 Å². The van der Waals surface area contributed by atoms with Crippen molar-refractivity contribution in [1.82, 2.24) is 4.98 Å². The van der Waals surface area contributed by atoms with Crippen molar-refractivity contribution in [2.45, 2.75) is 0 Å². The summed E-state index contributed by atoms with van der Waals surface area (Å²) in [6.07, 6.45) is 2.94. The van der Waals surface area contributed by atoms with Gasteiger partial charge in [-0.3, -0.25) is 4.99 Å². The third-order valence-corrected chi connectivity index (χ3v) is 1.50. The second-order valence-electron chi connectivity index (χ2n) is 2.42. The Morgan fingerprint density at radius 3 is 3.00 bits per heavy atom. The Morgan fingerprint density at radius 2 is 2.50 bits per heavy atom. The first-order chi connectivity index (χ1) is 6.77. The predicted molar refractivity (Wildman–Crippen MR) is 50.3 cm³/mol. The summed E-state index contributed by atoms with van der Waals surface area (Å²) < 4.78 is 4.48. The number of esters is 1. The maximum absolute atomic E-state index is 11.0. The van der Waals surface area contributed by atoms with Gasteiger partial charge in [0, 0.05) is 18.0 Å². The number of aliphatic hydroxyl groups is 1. The molecule has 5 nitrogen and oxygen atoms in total. The third-order valence-electron chi connectivity index (χ3n) is 1.50. The first-order valence-corrected chi connectivity index (χ1v) is 3.93. The number of carbonyl (C=O) groups excluding carboxylic acids is 1. The second-order valence-corrected chi connectivity index (χ2v) is 2.42. The molecule has 0 radical (unpaired) electrons. The topological polar surface area (TPSA) is 71.8 Å². The van der Waals surface area contributed by atoms with Gasteiger partial charge in [0.05, 0.1) is 7.11 Å². The molecule has 1 N–H and O–H groups in total. The van der Waals surface area contributed by atoms with Crippen LogP contribution in [0.25, 0.3) is 0 Å². The van der Waals surface area contributed by atoms with E-state index >= 15 is 0 Å². The fraction of sp³-hybridized carbons (Fsp3) is 0.222. The normalized spacial score (nSPS) is 10.4. The van der Waals surface area contributed by atoms with E-state index in [9.17, 15) is 4.79 Å². The van der Waals surface area contributed by atoms with E-state index in [1.165, 1.54) is 25.6 Å². The van der Waals surface area contributed by atoms with Crippen LogP contribution >= 0.6 is 0 Å². The summed E-state index contributed by atoms with van der Waals surface area (Å²) in [5.74, 6) is -0.476. The highest BCUT2D eigenvalue weighted by molar-refractivity contribution is 5.88. The molecule has 0 aliphatic rings. The molecule has 0 unspecified atom stereocenters. The molecule has 1 heterocycles. The minimum Gasteiger partial charge on any atom is -0.464 e. The van der Waals surface area contributed by atoms with Gasteiger partial charge in [-0.25, -0.2) is 9.78 Å². The van der Waals surface area contributed by atoms with Gasteiger partial charge in [-0.2, -0.15) is 0 Å². The lowest BCUT2D eigenvalue weighted by Gasteiger charge is -1.97. The highest BCUT2D eigenvalue weighted by atomic mass is 16.5. The third kappa shape index (κ3) is 2.63. The number of methoxy groups -OCH3 is 1. The van der Waals surface area contributed by atoms with Gasteiger partial charge in [0.25, 0.3) is 0 Å². The van der Waals surface area contributed by atoms with Crippen LogP contribution in [0.2, 0.25) is 0 Å². The Bertz CT molecular complexity index is 332. The summed E-state index contributed by atoms with van der Waals surface area (Å²) in [5, 5.41) is 8.42. The molecular formula is C9H10N2O3. The fourth-order valence-corrected chi connectivity index (χ4v) is 0.853. The highest BCUT2D eigenvalue weighted by Crippen LogP contribution is 1.99. The average molecular weight is 194 g/mol. The van der Waals surface area contributed by atoms with Crippen molar-refractivity contribution < 1.29 is 14.6 Å². The van der Waals surface area contributed by atoms with Crippen molar-refractivity contribution in [3.05, 3.63) is 29.6 Å². The zero-order valence-corrected chi connectivity index (χ0v) is 7.67. The molecule has 74 valence electrons. The molecule has 0 aliphatic heterocycles. The minimum atomic E-state index is -0.476. The van der Waals surface area contributed by atoms with Gasteiger partial charge in [-0.05, 0) is 12.1 Å². The number of aliphatic imine (C=N–C) groups is 1. The van der Waals surface area contributed by atoms with Gasteiger partial charge in [0.2, 0.25) is 0 Å². The van der Waals surface area contributed by atoms with Crippen LogP contribution < -0.4 is 0 Å². The van der Waals surface area contributed by atoms with Crippen molar-refractivity contribution in [3.63, 3.8) is 0 Å². The number of rotatable bonds is 3. The molecule has 0 saturated carbocycles. The molecule has 0 saturated heterocycles. The number of nitrogens with zero attached hydrogens (tertiary/aromatic N) is 2. The van der Waals surface area contributed by atoms with Crippen LogP contribution in [0.5, 0.6) is 0 Å². The van der Waals surface area contributed by atoms with Gasteiger partial charge >= 0.3 is 5.97 Å².